The first-order chi connectivity index (χ1) is 24.8. The summed E-state index contributed by atoms with van der Waals surface area (Å²) < 4.78 is 8.87. The normalized spacial score (nSPS) is 11.6. The van der Waals surface area contributed by atoms with Crippen LogP contribution < -0.4 is 0 Å². The fourth-order valence-electron chi connectivity index (χ4n) is 7.31. The second-order valence-corrected chi connectivity index (χ2v) is 12.6. The van der Waals surface area contributed by atoms with Gasteiger partial charge in [0.05, 0.1) is 22.4 Å². The molecule has 0 aliphatic rings. The average molecular weight is 640 g/mol. The number of fused-ring (bicyclic) bond motifs is 6. The van der Waals surface area contributed by atoms with Gasteiger partial charge in [-0.3, -0.25) is 0 Å². The molecule has 0 saturated carbocycles. The van der Waals surface area contributed by atoms with Crippen LogP contribution in [-0.2, 0) is 0 Å². The molecule has 0 radical (unpaired) electrons. The molecule has 10 aromatic rings. The maximum Gasteiger partial charge on any atom is 0.160 e. The fraction of sp³-hybridized carbons (Fsp3) is 0. The van der Waals surface area contributed by atoms with Crippen LogP contribution in [0.1, 0.15) is 0 Å². The van der Waals surface area contributed by atoms with Crippen molar-refractivity contribution in [1.29, 1.82) is 0 Å². The van der Waals surface area contributed by atoms with Gasteiger partial charge >= 0.3 is 0 Å². The molecule has 7 aromatic carbocycles. The summed E-state index contributed by atoms with van der Waals surface area (Å²) in [4.78, 5) is 10.6. The van der Waals surface area contributed by atoms with Gasteiger partial charge in [0.1, 0.15) is 11.2 Å². The van der Waals surface area contributed by atoms with E-state index >= 15 is 0 Å². The van der Waals surface area contributed by atoms with Crippen molar-refractivity contribution in [3.63, 3.8) is 0 Å². The van der Waals surface area contributed by atoms with Crippen LogP contribution in [0.5, 0.6) is 0 Å². The Morgan fingerprint density at radius 1 is 0.420 bits per heavy atom. The third-order valence-electron chi connectivity index (χ3n) is 9.64. The Morgan fingerprint density at radius 3 is 1.80 bits per heavy atom. The highest BCUT2D eigenvalue weighted by atomic mass is 16.3. The second-order valence-electron chi connectivity index (χ2n) is 12.6. The summed E-state index contributed by atoms with van der Waals surface area (Å²) in [6, 6.07) is 61.3. The molecule has 0 N–H and O–H groups in total. The van der Waals surface area contributed by atoms with Crippen LogP contribution in [-0.4, -0.2) is 14.5 Å². The number of hydrogen-bond donors (Lipinski definition) is 0. The lowest BCUT2D eigenvalue weighted by Gasteiger charge is -2.13. The smallest absolute Gasteiger partial charge is 0.160 e. The van der Waals surface area contributed by atoms with Gasteiger partial charge in [-0.1, -0.05) is 140 Å². The highest BCUT2D eigenvalue weighted by Gasteiger charge is 2.20. The molecule has 234 valence electrons. The van der Waals surface area contributed by atoms with Gasteiger partial charge in [-0.2, -0.15) is 0 Å². The fourth-order valence-corrected chi connectivity index (χ4v) is 7.31. The zero-order chi connectivity index (χ0) is 33.0. The molecule has 0 atom stereocenters. The summed E-state index contributed by atoms with van der Waals surface area (Å²) in [5.74, 6) is 0.657. The van der Waals surface area contributed by atoms with Crippen LogP contribution in [0.15, 0.2) is 180 Å². The van der Waals surface area contributed by atoms with Gasteiger partial charge in [0.2, 0.25) is 0 Å². The molecule has 3 heterocycles. The van der Waals surface area contributed by atoms with Gasteiger partial charge in [0, 0.05) is 43.9 Å². The number of rotatable bonds is 5. The van der Waals surface area contributed by atoms with Gasteiger partial charge in [0.25, 0.3) is 0 Å². The van der Waals surface area contributed by atoms with Gasteiger partial charge in [-0.05, 0) is 47.5 Å². The number of furan rings is 1. The lowest BCUT2D eigenvalue weighted by molar-refractivity contribution is 0.670. The Kier molecular flexibility index (Phi) is 6.46. The molecule has 0 bridgehead atoms. The quantitative estimate of drug-likeness (QED) is 0.188. The zero-order valence-electron chi connectivity index (χ0n) is 27.0. The van der Waals surface area contributed by atoms with E-state index in [-0.39, 0.29) is 0 Å². The van der Waals surface area contributed by atoms with Gasteiger partial charge in [0.15, 0.2) is 5.82 Å². The summed E-state index contributed by atoms with van der Waals surface area (Å²) in [5, 5.41) is 4.53. The lowest BCUT2D eigenvalue weighted by atomic mass is 10.0. The SMILES string of the molecule is c1ccc(-c2ccc(-c3nc(-c4cccc5c4oc4ccccc45)cc(-c4cccc5c6ccccc6n(-c6ccccc6)c45)n3)cc2)cc1. The van der Waals surface area contributed by atoms with E-state index in [2.05, 4.69) is 162 Å². The molecule has 0 amide bonds. The number of nitrogens with zero attached hydrogens (tertiary/aromatic N) is 3. The van der Waals surface area contributed by atoms with Crippen LogP contribution in [0.4, 0.5) is 0 Å². The molecular weight excluding hydrogens is 611 g/mol. The zero-order valence-corrected chi connectivity index (χ0v) is 27.0. The summed E-state index contributed by atoms with van der Waals surface area (Å²) in [6.07, 6.45) is 0. The Hall–Kier alpha value is -6.78. The Morgan fingerprint density at radius 2 is 1.00 bits per heavy atom. The molecule has 0 unspecified atom stereocenters. The van der Waals surface area contributed by atoms with Crippen LogP contribution in [0.25, 0.3) is 94.5 Å². The van der Waals surface area contributed by atoms with Crippen molar-refractivity contribution < 1.29 is 4.42 Å². The van der Waals surface area contributed by atoms with Crippen molar-refractivity contribution in [2.24, 2.45) is 0 Å². The third-order valence-corrected chi connectivity index (χ3v) is 9.64. The Balaban J connectivity index is 1.25. The summed E-state index contributed by atoms with van der Waals surface area (Å²) in [5.41, 5.74) is 11.9. The summed E-state index contributed by atoms with van der Waals surface area (Å²) in [7, 11) is 0. The number of benzene rings is 7. The van der Waals surface area contributed by atoms with Crippen molar-refractivity contribution in [2.45, 2.75) is 0 Å². The van der Waals surface area contributed by atoms with E-state index in [9.17, 15) is 0 Å². The monoisotopic (exact) mass is 639 g/mol. The second kappa shape index (κ2) is 11.4. The molecule has 4 nitrogen and oxygen atoms in total. The third kappa shape index (κ3) is 4.54. The predicted octanol–water partition coefficient (Wildman–Crippen LogP) is 12.1. The molecule has 0 saturated heterocycles. The first-order valence-corrected chi connectivity index (χ1v) is 16.8. The predicted molar refractivity (Wildman–Crippen MR) is 205 cm³/mol. The summed E-state index contributed by atoms with van der Waals surface area (Å²) >= 11 is 0. The molecule has 0 fully saturated rings. The molecular formula is C46H29N3O. The van der Waals surface area contributed by atoms with Crippen molar-refractivity contribution in [2.75, 3.05) is 0 Å². The van der Waals surface area contributed by atoms with Gasteiger partial charge in [-0.15, -0.1) is 0 Å². The molecule has 0 spiro atoms. The van der Waals surface area contributed by atoms with E-state index in [4.69, 9.17) is 14.4 Å². The van der Waals surface area contributed by atoms with E-state index in [1.165, 1.54) is 16.3 Å². The highest BCUT2D eigenvalue weighted by Crippen LogP contribution is 2.40. The minimum absolute atomic E-state index is 0.657. The van der Waals surface area contributed by atoms with Gasteiger partial charge in [-0.25, -0.2) is 9.97 Å². The molecule has 50 heavy (non-hydrogen) atoms. The van der Waals surface area contributed by atoms with Crippen LogP contribution in [0, 0.1) is 0 Å². The highest BCUT2D eigenvalue weighted by molar-refractivity contribution is 6.14. The summed E-state index contributed by atoms with van der Waals surface area (Å²) in [6.45, 7) is 0. The van der Waals surface area contributed by atoms with Crippen LogP contribution in [0.3, 0.4) is 0 Å². The van der Waals surface area contributed by atoms with Crippen molar-refractivity contribution in [3.05, 3.63) is 176 Å². The standard InChI is InChI=1S/C46H29N3O/c1-3-13-30(14-4-1)31-25-27-32(28-26-31)46-47-40(29-41(48-46)39-22-12-20-37-35-18-8-10-24-43(35)50-45(37)39)38-21-11-19-36-34-17-7-9-23-42(34)49(44(36)38)33-15-5-2-6-16-33/h1-29H. The maximum absolute atomic E-state index is 6.52. The topological polar surface area (TPSA) is 43.9 Å². The van der Waals surface area contributed by atoms with Crippen molar-refractivity contribution in [3.8, 4) is 50.7 Å². The molecule has 3 aromatic heterocycles. The number of hydrogen-bond acceptors (Lipinski definition) is 3. The minimum atomic E-state index is 0.657. The van der Waals surface area contributed by atoms with E-state index < -0.39 is 0 Å². The molecule has 4 heteroatoms. The maximum atomic E-state index is 6.52. The molecule has 0 aliphatic heterocycles. The van der Waals surface area contributed by atoms with Crippen LogP contribution in [0.2, 0.25) is 0 Å². The first kappa shape index (κ1) is 28.3. The van der Waals surface area contributed by atoms with E-state index in [0.29, 0.717) is 5.82 Å². The molecule has 0 aliphatic carbocycles. The largest absolute Gasteiger partial charge is 0.455 e. The van der Waals surface area contributed by atoms with Crippen molar-refractivity contribution >= 4 is 43.7 Å². The number of aromatic nitrogens is 3. The number of para-hydroxylation sites is 5. The molecule has 10 rings (SSSR count). The average Bonchev–Trinajstić information content (AvgIpc) is 3.75. The van der Waals surface area contributed by atoms with E-state index in [1.807, 2.05) is 18.2 Å². The van der Waals surface area contributed by atoms with E-state index in [0.717, 1.165) is 72.3 Å². The van der Waals surface area contributed by atoms with Gasteiger partial charge < -0.3 is 8.98 Å². The lowest BCUT2D eigenvalue weighted by Crippen LogP contribution is -1.99. The van der Waals surface area contributed by atoms with Crippen molar-refractivity contribution in [1.82, 2.24) is 14.5 Å². The first-order valence-electron chi connectivity index (χ1n) is 16.8. The van der Waals surface area contributed by atoms with E-state index in [1.54, 1.807) is 0 Å². The Labute approximate surface area is 288 Å². The Bertz CT molecular complexity index is 2850. The minimum Gasteiger partial charge on any atom is -0.455 e. The van der Waals surface area contributed by atoms with Crippen LogP contribution >= 0.6 is 0 Å².